The number of carboxylic acid groups (broad SMARTS) is 1. The summed E-state index contributed by atoms with van der Waals surface area (Å²) in [5.74, 6) is -0.728. The number of hydrogen-bond donors (Lipinski definition) is 2. The number of anilines is 1. The molecule has 0 unspecified atom stereocenters. The SMILES string of the molecule is Cc1ccc(C)c(NCCCC(C)(C)C(=O)O)c1. The highest BCUT2D eigenvalue weighted by Crippen LogP contribution is 2.23. The summed E-state index contributed by atoms with van der Waals surface area (Å²) in [6.07, 6.45) is 1.53. The van der Waals surface area contributed by atoms with Crippen molar-refractivity contribution < 1.29 is 9.90 Å². The molecule has 1 aromatic carbocycles. The molecule has 0 bridgehead atoms. The molecule has 0 aliphatic rings. The molecule has 1 aromatic rings. The second kappa shape index (κ2) is 5.89. The fourth-order valence-corrected chi connectivity index (χ4v) is 1.79. The van der Waals surface area contributed by atoms with Crippen molar-refractivity contribution in [1.29, 1.82) is 0 Å². The van der Waals surface area contributed by atoms with Gasteiger partial charge in [0.05, 0.1) is 5.41 Å². The van der Waals surface area contributed by atoms with E-state index in [9.17, 15) is 4.79 Å². The first kappa shape index (κ1) is 14.6. The summed E-state index contributed by atoms with van der Waals surface area (Å²) in [5, 5.41) is 12.4. The lowest BCUT2D eigenvalue weighted by atomic mass is 9.88. The van der Waals surface area contributed by atoms with Crippen molar-refractivity contribution in [3.63, 3.8) is 0 Å². The van der Waals surface area contributed by atoms with Crippen LogP contribution in [-0.2, 0) is 4.79 Å². The highest BCUT2D eigenvalue weighted by molar-refractivity contribution is 5.73. The van der Waals surface area contributed by atoms with Crippen molar-refractivity contribution in [2.24, 2.45) is 5.41 Å². The van der Waals surface area contributed by atoms with Crippen molar-refractivity contribution in [1.82, 2.24) is 0 Å². The molecule has 0 atom stereocenters. The highest BCUT2D eigenvalue weighted by atomic mass is 16.4. The second-order valence-corrected chi connectivity index (χ2v) is 5.54. The quantitative estimate of drug-likeness (QED) is 0.757. The maximum absolute atomic E-state index is 11.0. The standard InChI is InChI=1S/C15H23NO2/c1-11-6-7-12(2)13(10-11)16-9-5-8-15(3,4)14(17)18/h6-7,10,16H,5,8-9H2,1-4H3,(H,17,18). The number of aliphatic carboxylic acids is 1. The molecule has 3 nitrogen and oxygen atoms in total. The third-order valence-electron chi connectivity index (χ3n) is 3.27. The van der Waals surface area contributed by atoms with E-state index in [1.807, 2.05) is 0 Å². The summed E-state index contributed by atoms with van der Waals surface area (Å²) in [5.41, 5.74) is 2.96. The van der Waals surface area contributed by atoms with Crippen LogP contribution in [0.4, 0.5) is 5.69 Å². The molecule has 0 spiro atoms. The van der Waals surface area contributed by atoms with Crippen LogP contribution in [-0.4, -0.2) is 17.6 Å². The van der Waals surface area contributed by atoms with E-state index in [0.717, 1.165) is 18.7 Å². The van der Waals surface area contributed by atoms with Gasteiger partial charge in [-0.3, -0.25) is 4.79 Å². The average Bonchev–Trinajstić information content (AvgIpc) is 2.28. The van der Waals surface area contributed by atoms with Crippen molar-refractivity contribution >= 4 is 11.7 Å². The molecular weight excluding hydrogens is 226 g/mol. The summed E-state index contributed by atoms with van der Waals surface area (Å²) in [7, 11) is 0. The molecule has 0 fully saturated rings. The van der Waals surface area contributed by atoms with E-state index in [-0.39, 0.29) is 0 Å². The fraction of sp³-hybridized carbons (Fsp3) is 0.533. The van der Waals surface area contributed by atoms with Gasteiger partial charge in [0.2, 0.25) is 0 Å². The molecule has 3 heteroatoms. The molecule has 2 N–H and O–H groups in total. The summed E-state index contributed by atoms with van der Waals surface area (Å²) in [6, 6.07) is 6.31. The van der Waals surface area contributed by atoms with Crippen LogP contribution in [0.15, 0.2) is 18.2 Å². The molecular formula is C15H23NO2. The van der Waals surface area contributed by atoms with E-state index in [0.29, 0.717) is 6.42 Å². The minimum Gasteiger partial charge on any atom is -0.481 e. The Labute approximate surface area is 109 Å². The first-order valence-corrected chi connectivity index (χ1v) is 6.37. The molecule has 0 aliphatic carbocycles. The van der Waals surface area contributed by atoms with Crippen LogP contribution >= 0.6 is 0 Å². The Morgan fingerprint density at radius 3 is 2.61 bits per heavy atom. The Hall–Kier alpha value is -1.51. The van der Waals surface area contributed by atoms with Gasteiger partial charge in [0.15, 0.2) is 0 Å². The monoisotopic (exact) mass is 249 g/mol. The third-order valence-corrected chi connectivity index (χ3v) is 3.27. The molecule has 100 valence electrons. The van der Waals surface area contributed by atoms with Gasteiger partial charge in [-0.15, -0.1) is 0 Å². The largest absolute Gasteiger partial charge is 0.481 e. The first-order valence-electron chi connectivity index (χ1n) is 6.37. The van der Waals surface area contributed by atoms with Gasteiger partial charge < -0.3 is 10.4 Å². The Morgan fingerprint density at radius 1 is 1.33 bits per heavy atom. The average molecular weight is 249 g/mol. The Bertz CT molecular complexity index is 425. The smallest absolute Gasteiger partial charge is 0.309 e. The Morgan fingerprint density at radius 2 is 2.00 bits per heavy atom. The number of carbonyl (C=O) groups is 1. The number of benzene rings is 1. The molecule has 0 aromatic heterocycles. The fourth-order valence-electron chi connectivity index (χ4n) is 1.79. The lowest BCUT2D eigenvalue weighted by molar-refractivity contribution is -0.147. The van der Waals surface area contributed by atoms with Gasteiger partial charge in [-0.2, -0.15) is 0 Å². The molecule has 0 saturated carbocycles. The van der Waals surface area contributed by atoms with Crippen LogP contribution in [0, 0.1) is 19.3 Å². The molecule has 0 radical (unpaired) electrons. The van der Waals surface area contributed by atoms with Gasteiger partial charge in [0.1, 0.15) is 0 Å². The van der Waals surface area contributed by atoms with Crippen LogP contribution in [0.25, 0.3) is 0 Å². The van der Waals surface area contributed by atoms with Crippen molar-refractivity contribution in [2.75, 3.05) is 11.9 Å². The molecule has 18 heavy (non-hydrogen) atoms. The van der Waals surface area contributed by atoms with Crippen LogP contribution in [0.3, 0.4) is 0 Å². The summed E-state index contributed by atoms with van der Waals surface area (Å²) in [6.45, 7) is 8.49. The number of aryl methyl sites for hydroxylation is 2. The molecule has 0 amide bonds. The van der Waals surface area contributed by atoms with E-state index >= 15 is 0 Å². The molecule has 0 aliphatic heterocycles. The topological polar surface area (TPSA) is 49.3 Å². The number of hydrogen-bond acceptors (Lipinski definition) is 2. The molecule has 1 rings (SSSR count). The number of rotatable bonds is 6. The normalized spacial score (nSPS) is 11.3. The Balaban J connectivity index is 2.43. The number of nitrogens with one attached hydrogen (secondary N) is 1. The van der Waals surface area contributed by atoms with Crippen LogP contribution < -0.4 is 5.32 Å². The van der Waals surface area contributed by atoms with E-state index in [4.69, 9.17) is 5.11 Å². The van der Waals surface area contributed by atoms with Gasteiger partial charge in [0.25, 0.3) is 0 Å². The van der Waals surface area contributed by atoms with Crippen molar-refractivity contribution in [2.45, 2.75) is 40.5 Å². The predicted octanol–water partition coefficient (Wildman–Crippen LogP) is 3.61. The van der Waals surface area contributed by atoms with Gasteiger partial charge in [0, 0.05) is 12.2 Å². The maximum atomic E-state index is 11.0. The Kier molecular flexibility index (Phi) is 4.76. The van der Waals surface area contributed by atoms with Crippen molar-refractivity contribution in [3.8, 4) is 0 Å². The van der Waals surface area contributed by atoms with Gasteiger partial charge >= 0.3 is 5.97 Å². The third kappa shape index (κ3) is 4.06. The van der Waals surface area contributed by atoms with Crippen LogP contribution in [0.1, 0.15) is 37.8 Å². The van der Waals surface area contributed by atoms with E-state index < -0.39 is 11.4 Å². The zero-order chi connectivity index (χ0) is 13.8. The molecule has 0 heterocycles. The van der Waals surface area contributed by atoms with E-state index in [2.05, 4.69) is 37.4 Å². The lowest BCUT2D eigenvalue weighted by Gasteiger charge is -2.19. The second-order valence-electron chi connectivity index (χ2n) is 5.54. The van der Waals surface area contributed by atoms with Crippen LogP contribution in [0.2, 0.25) is 0 Å². The summed E-state index contributed by atoms with van der Waals surface area (Å²) < 4.78 is 0. The van der Waals surface area contributed by atoms with Gasteiger partial charge in [-0.05, 0) is 57.7 Å². The number of carboxylic acids is 1. The summed E-state index contributed by atoms with van der Waals surface area (Å²) >= 11 is 0. The molecule has 0 saturated heterocycles. The lowest BCUT2D eigenvalue weighted by Crippen LogP contribution is -2.24. The predicted molar refractivity (Wildman–Crippen MR) is 75.1 cm³/mol. The highest BCUT2D eigenvalue weighted by Gasteiger charge is 2.25. The van der Waals surface area contributed by atoms with E-state index in [1.54, 1.807) is 13.8 Å². The van der Waals surface area contributed by atoms with Gasteiger partial charge in [-0.25, -0.2) is 0 Å². The minimum atomic E-state index is -0.728. The summed E-state index contributed by atoms with van der Waals surface area (Å²) in [4.78, 5) is 11.0. The van der Waals surface area contributed by atoms with Gasteiger partial charge in [-0.1, -0.05) is 12.1 Å². The maximum Gasteiger partial charge on any atom is 0.309 e. The first-order chi connectivity index (χ1) is 8.33. The van der Waals surface area contributed by atoms with Crippen molar-refractivity contribution in [3.05, 3.63) is 29.3 Å². The zero-order valence-corrected chi connectivity index (χ0v) is 11.7. The zero-order valence-electron chi connectivity index (χ0n) is 11.7. The van der Waals surface area contributed by atoms with E-state index in [1.165, 1.54) is 11.1 Å². The van der Waals surface area contributed by atoms with Crippen LogP contribution in [0.5, 0.6) is 0 Å². The minimum absolute atomic E-state index is 0.636.